The van der Waals surface area contributed by atoms with Crippen molar-refractivity contribution in [3.8, 4) is 11.5 Å². The van der Waals surface area contributed by atoms with Gasteiger partial charge in [0.25, 0.3) is 11.8 Å². The first-order valence-electron chi connectivity index (χ1n) is 20.4. The molecule has 5 atom stereocenters. The van der Waals surface area contributed by atoms with E-state index in [1.54, 1.807) is 38.5 Å². The maximum Gasteiger partial charge on any atom is 0.264 e. The van der Waals surface area contributed by atoms with E-state index in [-0.39, 0.29) is 41.9 Å². The molecule has 2 amide bonds. The largest absolute Gasteiger partial charge is 0.497 e. The van der Waals surface area contributed by atoms with E-state index < -0.39 is 13.7 Å². The first-order chi connectivity index (χ1) is 29.1. The van der Waals surface area contributed by atoms with Gasteiger partial charge < -0.3 is 29.5 Å². The zero-order chi connectivity index (χ0) is 42.0. The van der Waals surface area contributed by atoms with Gasteiger partial charge in [-0.05, 0) is 77.7 Å². The third kappa shape index (κ3) is 7.51. The molecule has 0 radical (unpaired) electrons. The van der Waals surface area contributed by atoms with Crippen LogP contribution in [0.15, 0.2) is 134 Å². The van der Waals surface area contributed by atoms with Gasteiger partial charge in [0.15, 0.2) is 5.60 Å². The lowest BCUT2D eigenvalue weighted by Gasteiger charge is -2.37. The number of hydrogen-bond donors (Lipinski definition) is 2. The molecule has 12 heteroatoms. The van der Waals surface area contributed by atoms with Crippen molar-refractivity contribution in [2.45, 2.75) is 62.7 Å². The number of aliphatic hydroxyl groups is 1. The Morgan fingerprint density at radius 2 is 1.53 bits per heavy atom. The molecule has 60 heavy (non-hydrogen) atoms. The summed E-state index contributed by atoms with van der Waals surface area (Å²) in [5.74, 6) is 0.738. The topological polar surface area (TPSA) is 128 Å². The molecule has 1 aromatic heterocycles. The molecular formula is C48H51N5O6Si. The second-order valence-corrected chi connectivity index (χ2v) is 21.0. The number of ether oxygens (including phenoxy) is 3. The van der Waals surface area contributed by atoms with E-state index in [9.17, 15) is 9.90 Å². The van der Waals surface area contributed by atoms with Crippen molar-refractivity contribution in [1.29, 1.82) is 0 Å². The molecule has 3 heterocycles. The summed E-state index contributed by atoms with van der Waals surface area (Å²) in [4.78, 5) is 30.1. The minimum Gasteiger partial charge on any atom is -0.497 e. The molecule has 308 valence electrons. The fourth-order valence-electron chi connectivity index (χ4n) is 9.41. The zero-order valence-corrected chi connectivity index (χ0v) is 35.6. The molecule has 2 N–H and O–H groups in total. The molecule has 2 aliphatic rings. The fourth-order valence-corrected chi connectivity index (χ4v) is 13.5. The molecule has 0 aliphatic carbocycles. The van der Waals surface area contributed by atoms with Crippen LogP contribution < -0.4 is 24.9 Å². The molecule has 6 aromatic rings. The normalized spacial score (nSPS) is 20.3. The monoisotopic (exact) mass is 821 g/mol. The number of carbonyl (C=O) groups excluding carboxylic acids is 2. The van der Waals surface area contributed by atoms with Gasteiger partial charge in [0, 0.05) is 35.5 Å². The summed E-state index contributed by atoms with van der Waals surface area (Å²) in [7, 11) is 0.894. The van der Waals surface area contributed by atoms with Crippen molar-refractivity contribution in [1.82, 2.24) is 15.0 Å². The number of anilines is 2. The number of carbonyl (C=O) groups is 2. The van der Waals surface area contributed by atoms with Gasteiger partial charge in [0.05, 0.1) is 58.8 Å². The van der Waals surface area contributed by atoms with Gasteiger partial charge in [0.1, 0.15) is 11.5 Å². The summed E-state index contributed by atoms with van der Waals surface area (Å²) in [6.07, 6.45) is 2.25. The quantitative estimate of drug-likeness (QED) is 0.108. The van der Waals surface area contributed by atoms with Crippen LogP contribution in [0, 0.1) is 5.92 Å². The summed E-state index contributed by atoms with van der Waals surface area (Å²) in [6.45, 7) is 7.73. The first-order valence-corrected chi connectivity index (χ1v) is 23.5. The SMILES string of the molecule is COc1ccc(C(=O)Nc2ccc(CN3C(=O)[C@]4(O[C@H](CCn5cc(C(CO)c6ccccc6)nn5)[C@@H]([Si](C)(C)c5ccc(OC)cc5)[C@@H]4C)c4ccccc43)cc2)cc1. The third-order valence-corrected chi connectivity index (χ3v) is 16.9. The summed E-state index contributed by atoms with van der Waals surface area (Å²) in [5.41, 5.74) is 4.35. The Kier molecular flexibility index (Phi) is 11.4. The van der Waals surface area contributed by atoms with Crippen molar-refractivity contribution < 1.29 is 28.9 Å². The molecule has 1 spiro atoms. The molecule has 0 bridgehead atoms. The highest BCUT2D eigenvalue weighted by molar-refractivity contribution is 6.91. The molecule has 5 aromatic carbocycles. The minimum atomic E-state index is -2.37. The predicted molar refractivity (Wildman–Crippen MR) is 235 cm³/mol. The van der Waals surface area contributed by atoms with E-state index in [2.05, 4.69) is 47.8 Å². The van der Waals surface area contributed by atoms with Crippen LogP contribution in [0.4, 0.5) is 11.4 Å². The Morgan fingerprint density at radius 1 is 0.883 bits per heavy atom. The van der Waals surface area contributed by atoms with Crippen molar-refractivity contribution >= 4 is 36.4 Å². The number of aromatic nitrogens is 3. The second kappa shape index (κ2) is 16.9. The van der Waals surface area contributed by atoms with Gasteiger partial charge in [-0.15, -0.1) is 5.10 Å². The Morgan fingerprint density at radius 3 is 2.20 bits per heavy atom. The van der Waals surface area contributed by atoms with E-state index in [1.165, 1.54) is 5.19 Å². The Balaban J connectivity index is 1.07. The molecule has 1 unspecified atom stereocenters. The van der Waals surface area contributed by atoms with Gasteiger partial charge in [-0.2, -0.15) is 0 Å². The Labute approximate surface area is 351 Å². The highest BCUT2D eigenvalue weighted by Crippen LogP contribution is 2.60. The zero-order valence-electron chi connectivity index (χ0n) is 34.6. The van der Waals surface area contributed by atoms with Gasteiger partial charge in [-0.3, -0.25) is 14.3 Å². The molecule has 2 aliphatic heterocycles. The average molecular weight is 822 g/mol. The number of aliphatic hydroxyl groups excluding tert-OH is 1. The number of nitrogens with one attached hydrogen (secondary N) is 1. The lowest BCUT2D eigenvalue weighted by molar-refractivity contribution is -0.146. The van der Waals surface area contributed by atoms with Gasteiger partial charge >= 0.3 is 0 Å². The highest BCUT2D eigenvalue weighted by atomic mass is 28.3. The number of amides is 2. The maximum atomic E-state index is 15.3. The van der Waals surface area contributed by atoms with Crippen LogP contribution in [0.3, 0.4) is 0 Å². The summed E-state index contributed by atoms with van der Waals surface area (Å²) >= 11 is 0. The number of nitrogens with zero attached hydrogens (tertiary/aromatic N) is 4. The molecule has 1 saturated heterocycles. The van der Waals surface area contributed by atoms with Crippen molar-refractivity contribution in [2.75, 3.05) is 31.0 Å². The molecule has 1 fully saturated rings. The van der Waals surface area contributed by atoms with Gasteiger partial charge in [0.2, 0.25) is 0 Å². The Bertz CT molecular complexity index is 2440. The number of rotatable bonds is 14. The van der Waals surface area contributed by atoms with Crippen molar-refractivity contribution in [2.24, 2.45) is 5.92 Å². The van der Waals surface area contributed by atoms with Crippen molar-refractivity contribution in [3.63, 3.8) is 0 Å². The molecule has 11 nitrogen and oxygen atoms in total. The smallest absolute Gasteiger partial charge is 0.264 e. The predicted octanol–water partition coefficient (Wildman–Crippen LogP) is 7.52. The summed E-state index contributed by atoms with van der Waals surface area (Å²) < 4.78 is 19.9. The number of hydrogen-bond acceptors (Lipinski definition) is 8. The summed E-state index contributed by atoms with van der Waals surface area (Å²) in [5, 5.41) is 23.5. The average Bonchev–Trinajstić information content (AvgIpc) is 3.94. The molecular weight excluding hydrogens is 771 g/mol. The van der Waals surface area contributed by atoms with Crippen LogP contribution in [0.1, 0.15) is 52.0 Å². The highest BCUT2D eigenvalue weighted by Gasteiger charge is 2.66. The number of fused-ring (bicyclic) bond motifs is 2. The van der Waals surface area contributed by atoms with Gasteiger partial charge in [-0.25, -0.2) is 0 Å². The first kappa shape index (κ1) is 40.7. The van der Waals surface area contributed by atoms with Crippen LogP contribution in [0.5, 0.6) is 11.5 Å². The van der Waals surface area contributed by atoms with E-state index >= 15 is 4.79 Å². The maximum absolute atomic E-state index is 15.3. The van der Waals surface area contributed by atoms with E-state index in [0.717, 1.165) is 28.1 Å². The lowest BCUT2D eigenvalue weighted by atomic mass is 9.82. The fraction of sp³-hybridized carbons (Fsp3) is 0.292. The van der Waals surface area contributed by atoms with Crippen LogP contribution >= 0.6 is 0 Å². The van der Waals surface area contributed by atoms with Crippen LogP contribution in [0.25, 0.3) is 0 Å². The summed E-state index contributed by atoms with van der Waals surface area (Å²) in [6, 6.07) is 40.8. The Hall–Kier alpha value is -6.08. The van der Waals surface area contributed by atoms with E-state index in [4.69, 9.17) is 14.2 Å². The van der Waals surface area contributed by atoms with Crippen molar-refractivity contribution in [3.05, 3.63) is 162 Å². The number of benzene rings is 5. The van der Waals surface area contributed by atoms with Crippen LogP contribution in [0.2, 0.25) is 18.6 Å². The molecule has 0 saturated carbocycles. The van der Waals surface area contributed by atoms with E-state index in [1.807, 2.05) is 107 Å². The minimum absolute atomic E-state index is 0.0500. The number of methoxy groups -OCH3 is 2. The lowest BCUT2D eigenvalue weighted by Crippen LogP contribution is -2.51. The van der Waals surface area contributed by atoms with Crippen LogP contribution in [-0.2, 0) is 28.2 Å². The third-order valence-electron chi connectivity index (χ3n) is 12.6. The number of aryl methyl sites for hydroxylation is 1. The second-order valence-electron chi connectivity index (χ2n) is 16.3. The standard InChI is InChI=1S/C48H51N5O6Si/c1-32-45(60(4,5)39-25-23-38(58-3)24-26-39)44(27-28-52-30-42(50-51-52)40(31-54)34-11-7-6-8-12-34)59-48(32)41-13-9-10-14-43(41)53(47(48)56)29-33-15-19-36(20-16-33)49-46(55)35-17-21-37(57-2)22-18-35/h6-26,30,32,40,44-45,54H,27-29,31H2,1-5H3,(H,49,55)/t32-,40?,44+,45-,48+/m0/s1. The number of para-hydroxylation sites is 1. The van der Waals surface area contributed by atoms with Gasteiger partial charge in [-0.1, -0.05) is 103 Å². The van der Waals surface area contributed by atoms with E-state index in [0.29, 0.717) is 42.2 Å². The molecule has 8 rings (SSSR count). The van der Waals surface area contributed by atoms with Crippen LogP contribution in [-0.4, -0.2) is 66.9 Å².